The first-order valence-electron chi connectivity index (χ1n) is 9.17. The van der Waals surface area contributed by atoms with Gasteiger partial charge in [-0.2, -0.15) is 0 Å². The normalized spacial score (nSPS) is 11.1. The van der Waals surface area contributed by atoms with Gasteiger partial charge in [-0.05, 0) is 32.0 Å². The predicted octanol–water partition coefficient (Wildman–Crippen LogP) is 3.41. The van der Waals surface area contributed by atoms with Gasteiger partial charge in [-0.25, -0.2) is 4.98 Å². The van der Waals surface area contributed by atoms with Crippen molar-refractivity contribution in [3.8, 4) is 0 Å². The van der Waals surface area contributed by atoms with Crippen LogP contribution in [0.5, 0.6) is 0 Å². The van der Waals surface area contributed by atoms with Crippen LogP contribution in [0.25, 0.3) is 10.9 Å². The van der Waals surface area contributed by atoms with Crippen molar-refractivity contribution in [1.29, 1.82) is 0 Å². The SMILES string of the molecule is CC(C)n1cc(C(=O)c2ccnc(NC(=O)Cc3ccon3)c2)c2cnccc21. The molecule has 8 heteroatoms. The Morgan fingerprint density at radius 3 is 2.83 bits per heavy atom. The molecule has 0 aromatic carbocycles. The first-order chi connectivity index (χ1) is 14.0. The highest BCUT2D eigenvalue weighted by Crippen LogP contribution is 2.26. The predicted molar refractivity (Wildman–Crippen MR) is 107 cm³/mol. The maximum absolute atomic E-state index is 13.2. The fourth-order valence-corrected chi connectivity index (χ4v) is 3.18. The summed E-state index contributed by atoms with van der Waals surface area (Å²) >= 11 is 0. The van der Waals surface area contributed by atoms with E-state index in [0.29, 0.717) is 22.6 Å². The van der Waals surface area contributed by atoms with Crippen LogP contribution >= 0.6 is 0 Å². The number of rotatable bonds is 6. The van der Waals surface area contributed by atoms with Gasteiger partial charge >= 0.3 is 0 Å². The van der Waals surface area contributed by atoms with Gasteiger partial charge in [0.25, 0.3) is 0 Å². The Balaban J connectivity index is 1.61. The number of anilines is 1. The van der Waals surface area contributed by atoms with Gasteiger partial charge in [0.2, 0.25) is 5.91 Å². The molecule has 0 bridgehead atoms. The fourth-order valence-electron chi connectivity index (χ4n) is 3.18. The van der Waals surface area contributed by atoms with Gasteiger partial charge < -0.3 is 14.4 Å². The lowest BCUT2D eigenvalue weighted by atomic mass is 10.0. The van der Waals surface area contributed by atoms with Crippen molar-refractivity contribution < 1.29 is 14.1 Å². The Morgan fingerprint density at radius 1 is 1.21 bits per heavy atom. The van der Waals surface area contributed by atoms with Crippen molar-refractivity contribution in [1.82, 2.24) is 19.7 Å². The summed E-state index contributed by atoms with van der Waals surface area (Å²) in [6.45, 7) is 4.12. The molecule has 0 atom stereocenters. The molecular formula is C21H19N5O3. The highest BCUT2D eigenvalue weighted by atomic mass is 16.5. The molecule has 146 valence electrons. The molecule has 0 unspecified atom stereocenters. The second-order valence-electron chi connectivity index (χ2n) is 6.91. The zero-order valence-electron chi connectivity index (χ0n) is 16.0. The molecule has 0 aliphatic heterocycles. The maximum atomic E-state index is 13.2. The minimum absolute atomic E-state index is 0.0594. The van der Waals surface area contributed by atoms with E-state index in [2.05, 4.69) is 34.3 Å². The van der Waals surface area contributed by atoms with E-state index < -0.39 is 0 Å². The van der Waals surface area contributed by atoms with Crippen molar-refractivity contribution in [3.05, 3.63) is 72.1 Å². The van der Waals surface area contributed by atoms with Crippen LogP contribution in [0.2, 0.25) is 0 Å². The average Bonchev–Trinajstić information content (AvgIpc) is 3.35. The zero-order valence-corrected chi connectivity index (χ0v) is 16.0. The molecule has 4 heterocycles. The average molecular weight is 389 g/mol. The van der Waals surface area contributed by atoms with Crippen molar-refractivity contribution in [3.63, 3.8) is 0 Å². The number of carbonyl (C=O) groups excluding carboxylic acids is 2. The number of aromatic nitrogens is 4. The first-order valence-corrected chi connectivity index (χ1v) is 9.17. The number of ketones is 1. The van der Waals surface area contributed by atoms with Crippen molar-refractivity contribution in [2.45, 2.75) is 26.3 Å². The van der Waals surface area contributed by atoms with Gasteiger partial charge in [0.05, 0.1) is 17.6 Å². The quantitative estimate of drug-likeness (QED) is 0.507. The summed E-state index contributed by atoms with van der Waals surface area (Å²) in [6, 6.07) is 6.91. The lowest BCUT2D eigenvalue weighted by Gasteiger charge is -2.08. The van der Waals surface area contributed by atoms with E-state index in [9.17, 15) is 9.59 Å². The van der Waals surface area contributed by atoms with Crippen molar-refractivity contribution in [2.75, 3.05) is 5.32 Å². The van der Waals surface area contributed by atoms with Crippen molar-refractivity contribution >= 4 is 28.4 Å². The van der Waals surface area contributed by atoms with E-state index in [1.54, 1.807) is 30.6 Å². The summed E-state index contributed by atoms with van der Waals surface area (Å²) in [7, 11) is 0. The number of amides is 1. The van der Waals surface area contributed by atoms with Gasteiger partial charge in [0.15, 0.2) is 5.78 Å². The molecule has 4 aromatic heterocycles. The molecule has 0 saturated heterocycles. The number of hydrogen-bond acceptors (Lipinski definition) is 6. The Kier molecular flexibility index (Phi) is 4.90. The van der Waals surface area contributed by atoms with Gasteiger partial charge in [-0.15, -0.1) is 0 Å². The van der Waals surface area contributed by atoms with Gasteiger partial charge in [0, 0.05) is 53.4 Å². The third-order valence-corrected chi connectivity index (χ3v) is 4.56. The van der Waals surface area contributed by atoms with E-state index in [0.717, 1.165) is 10.9 Å². The molecule has 1 N–H and O–H groups in total. The smallest absolute Gasteiger partial charge is 0.231 e. The topological polar surface area (TPSA) is 103 Å². The minimum Gasteiger partial charge on any atom is -0.364 e. The van der Waals surface area contributed by atoms with Crippen LogP contribution < -0.4 is 5.32 Å². The number of nitrogens with zero attached hydrogens (tertiary/aromatic N) is 4. The fraction of sp³-hybridized carbons (Fsp3) is 0.190. The monoisotopic (exact) mass is 389 g/mol. The van der Waals surface area contributed by atoms with Crippen LogP contribution in [0.4, 0.5) is 5.82 Å². The molecule has 0 radical (unpaired) electrons. The van der Waals surface area contributed by atoms with Crippen LogP contribution in [-0.4, -0.2) is 31.4 Å². The second-order valence-corrected chi connectivity index (χ2v) is 6.91. The highest BCUT2D eigenvalue weighted by Gasteiger charge is 2.19. The maximum Gasteiger partial charge on any atom is 0.231 e. The lowest BCUT2D eigenvalue weighted by Crippen LogP contribution is -2.16. The first kappa shape index (κ1) is 18.5. The van der Waals surface area contributed by atoms with E-state index in [-0.39, 0.29) is 24.2 Å². The van der Waals surface area contributed by atoms with Crippen LogP contribution in [0.3, 0.4) is 0 Å². The van der Waals surface area contributed by atoms with E-state index >= 15 is 0 Å². The third kappa shape index (κ3) is 3.77. The molecule has 0 saturated carbocycles. The molecule has 4 rings (SSSR count). The molecule has 0 fully saturated rings. The summed E-state index contributed by atoms with van der Waals surface area (Å²) < 4.78 is 6.77. The van der Waals surface area contributed by atoms with Crippen LogP contribution in [0.1, 0.15) is 41.5 Å². The minimum atomic E-state index is -0.295. The van der Waals surface area contributed by atoms with Crippen LogP contribution in [0.15, 0.2) is 59.8 Å². The molecule has 0 aliphatic rings. The molecule has 0 spiro atoms. The van der Waals surface area contributed by atoms with E-state index in [1.807, 2.05) is 16.8 Å². The molecule has 1 amide bonds. The second kappa shape index (κ2) is 7.67. The van der Waals surface area contributed by atoms with Gasteiger partial charge in [-0.3, -0.25) is 14.6 Å². The van der Waals surface area contributed by atoms with Crippen molar-refractivity contribution in [2.24, 2.45) is 0 Å². The largest absolute Gasteiger partial charge is 0.364 e. The Labute approximate surface area is 166 Å². The molecule has 0 aliphatic carbocycles. The molecule has 29 heavy (non-hydrogen) atoms. The highest BCUT2D eigenvalue weighted by molar-refractivity contribution is 6.16. The zero-order chi connectivity index (χ0) is 20.4. The van der Waals surface area contributed by atoms with Gasteiger partial charge in [0.1, 0.15) is 12.1 Å². The summed E-state index contributed by atoms with van der Waals surface area (Å²) in [4.78, 5) is 33.6. The summed E-state index contributed by atoms with van der Waals surface area (Å²) in [5, 5.41) is 7.19. The number of pyridine rings is 2. The summed E-state index contributed by atoms with van der Waals surface area (Å²) in [5.41, 5.74) is 2.47. The van der Waals surface area contributed by atoms with Crippen LogP contribution in [-0.2, 0) is 11.2 Å². The number of fused-ring (bicyclic) bond motifs is 1. The Bertz CT molecular complexity index is 1180. The Morgan fingerprint density at radius 2 is 2.07 bits per heavy atom. The summed E-state index contributed by atoms with van der Waals surface area (Å²) in [6.07, 6.45) is 8.22. The number of nitrogens with one attached hydrogen (secondary N) is 1. The lowest BCUT2D eigenvalue weighted by molar-refractivity contribution is -0.115. The number of hydrogen-bond donors (Lipinski definition) is 1. The van der Waals surface area contributed by atoms with E-state index in [1.165, 1.54) is 12.5 Å². The third-order valence-electron chi connectivity index (χ3n) is 4.56. The number of carbonyl (C=O) groups is 2. The van der Waals surface area contributed by atoms with Gasteiger partial charge in [-0.1, -0.05) is 5.16 Å². The molecule has 8 nitrogen and oxygen atoms in total. The van der Waals surface area contributed by atoms with E-state index in [4.69, 9.17) is 4.52 Å². The molecule has 4 aromatic rings. The Hall–Kier alpha value is -3.81. The summed E-state index contributed by atoms with van der Waals surface area (Å²) in [5.74, 6) is -0.150. The van der Waals surface area contributed by atoms with Crippen LogP contribution in [0, 0.1) is 0 Å². The molecular weight excluding hydrogens is 370 g/mol. The standard InChI is InChI=1S/C21H19N5O3/c1-13(2)26-12-17(16-11-22-6-4-18(16)26)21(28)14-3-7-23-19(9-14)24-20(27)10-15-5-8-29-25-15/h3-9,11-13H,10H2,1-2H3,(H,23,24,27).